The van der Waals surface area contributed by atoms with Crippen LogP contribution in [0.15, 0.2) is 29.4 Å². The first-order chi connectivity index (χ1) is 12.7. The molecule has 0 aromatic carbocycles. The Morgan fingerprint density at radius 3 is 2.73 bits per heavy atom. The van der Waals surface area contributed by atoms with Crippen molar-refractivity contribution < 1.29 is 0 Å². The molecule has 138 valence electrons. The number of guanidine groups is 1. The first-order valence-corrected chi connectivity index (χ1v) is 9.27. The molecule has 2 fully saturated rings. The fourth-order valence-corrected chi connectivity index (χ4v) is 3.11. The molecule has 1 saturated heterocycles. The lowest BCUT2D eigenvalue weighted by Gasteiger charge is -2.19. The first-order valence-electron chi connectivity index (χ1n) is 9.27. The van der Waals surface area contributed by atoms with Crippen LogP contribution < -0.4 is 15.5 Å². The average Bonchev–Trinajstić information content (AvgIpc) is 3.26. The summed E-state index contributed by atoms with van der Waals surface area (Å²) in [6.45, 7) is 4.42. The topological polar surface area (TPSA) is 83.3 Å². The second kappa shape index (κ2) is 7.31. The highest BCUT2D eigenvalue weighted by atomic mass is 15.3. The van der Waals surface area contributed by atoms with Crippen molar-refractivity contribution in [2.45, 2.75) is 44.8 Å². The Hall–Kier alpha value is -2.64. The molecule has 26 heavy (non-hydrogen) atoms. The Labute approximate surface area is 153 Å². The van der Waals surface area contributed by atoms with Gasteiger partial charge in [0, 0.05) is 38.4 Å². The maximum Gasteiger partial charge on any atom is 0.192 e. The zero-order chi connectivity index (χ0) is 17.9. The molecule has 2 aromatic rings. The molecule has 2 N–H and O–H groups in total. The van der Waals surface area contributed by atoms with Crippen LogP contribution in [0.4, 0.5) is 5.82 Å². The van der Waals surface area contributed by atoms with E-state index in [0.717, 1.165) is 42.9 Å². The minimum absolute atomic E-state index is 0.364. The number of rotatable bonds is 5. The summed E-state index contributed by atoms with van der Waals surface area (Å²) < 4.78 is 1.98. The van der Waals surface area contributed by atoms with Crippen molar-refractivity contribution in [3.05, 3.63) is 36.0 Å². The van der Waals surface area contributed by atoms with E-state index >= 15 is 0 Å². The van der Waals surface area contributed by atoms with E-state index in [2.05, 4.69) is 36.8 Å². The largest absolute Gasteiger partial charge is 0.354 e. The molecule has 0 bridgehead atoms. The van der Waals surface area contributed by atoms with Gasteiger partial charge >= 0.3 is 0 Å². The van der Waals surface area contributed by atoms with Gasteiger partial charge in [-0.2, -0.15) is 0 Å². The van der Waals surface area contributed by atoms with Crippen LogP contribution in [0.3, 0.4) is 0 Å². The minimum atomic E-state index is 0.364. The van der Waals surface area contributed by atoms with Gasteiger partial charge in [-0.25, -0.2) is 9.98 Å². The molecule has 2 aromatic heterocycles. The molecule has 1 aliphatic heterocycles. The Morgan fingerprint density at radius 2 is 2.04 bits per heavy atom. The van der Waals surface area contributed by atoms with Crippen molar-refractivity contribution in [3.63, 3.8) is 0 Å². The van der Waals surface area contributed by atoms with Gasteiger partial charge in [0.2, 0.25) is 0 Å². The normalized spacial score (nSPS) is 20.5. The van der Waals surface area contributed by atoms with E-state index in [9.17, 15) is 0 Å². The van der Waals surface area contributed by atoms with Gasteiger partial charge in [-0.3, -0.25) is 0 Å². The van der Waals surface area contributed by atoms with Crippen molar-refractivity contribution in [2.75, 3.05) is 18.0 Å². The van der Waals surface area contributed by atoms with Crippen LogP contribution >= 0.6 is 0 Å². The van der Waals surface area contributed by atoms with Gasteiger partial charge in [0.15, 0.2) is 11.8 Å². The number of pyridine rings is 1. The molecule has 2 aliphatic rings. The molecule has 1 atom stereocenters. The fourth-order valence-electron chi connectivity index (χ4n) is 3.11. The van der Waals surface area contributed by atoms with E-state index in [1.165, 1.54) is 12.8 Å². The van der Waals surface area contributed by atoms with E-state index in [1.54, 1.807) is 0 Å². The summed E-state index contributed by atoms with van der Waals surface area (Å²) >= 11 is 0. The number of hydrogen-bond donors (Lipinski definition) is 2. The lowest BCUT2D eigenvalue weighted by molar-refractivity contribution is 0.642. The lowest BCUT2D eigenvalue weighted by atomic mass is 10.3. The first kappa shape index (κ1) is 16.8. The third kappa shape index (κ3) is 3.95. The van der Waals surface area contributed by atoms with E-state index < -0.39 is 0 Å². The molecule has 0 radical (unpaired) electrons. The third-order valence-corrected chi connectivity index (χ3v) is 4.98. The maximum absolute atomic E-state index is 4.75. The summed E-state index contributed by atoms with van der Waals surface area (Å²) in [5, 5.41) is 15.4. The third-order valence-electron chi connectivity index (χ3n) is 4.98. The van der Waals surface area contributed by atoms with Crippen LogP contribution in [0, 0.1) is 6.92 Å². The SMILES string of the molecule is Cc1nnc(CN=C(NC2CC2)NC2CCN(c3ccccn3)C2)n1C. The van der Waals surface area contributed by atoms with E-state index in [-0.39, 0.29) is 0 Å². The summed E-state index contributed by atoms with van der Waals surface area (Å²) in [7, 11) is 1.98. The number of aliphatic imine (C=N–C) groups is 1. The highest BCUT2D eigenvalue weighted by molar-refractivity contribution is 5.80. The van der Waals surface area contributed by atoms with Gasteiger partial charge in [-0.05, 0) is 38.3 Å². The fraction of sp³-hybridized carbons (Fsp3) is 0.556. The minimum Gasteiger partial charge on any atom is -0.354 e. The molecule has 8 nitrogen and oxygen atoms in total. The molecule has 3 heterocycles. The number of anilines is 1. The monoisotopic (exact) mass is 354 g/mol. The number of hydrogen-bond acceptors (Lipinski definition) is 5. The Balaban J connectivity index is 1.39. The zero-order valence-corrected chi connectivity index (χ0v) is 15.4. The molecule has 0 spiro atoms. The molecular formula is C18H26N8. The molecule has 1 saturated carbocycles. The number of aryl methyl sites for hydroxylation is 1. The Bertz CT molecular complexity index is 765. The molecule has 0 amide bonds. The summed E-state index contributed by atoms with van der Waals surface area (Å²) in [6, 6.07) is 6.97. The molecule has 1 aliphatic carbocycles. The molecule has 8 heteroatoms. The van der Waals surface area contributed by atoms with E-state index in [0.29, 0.717) is 18.6 Å². The van der Waals surface area contributed by atoms with Gasteiger partial charge in [0.25, 0.3) is 0 Å². The average molecular weight is 354 g/mol. The standard InChI is InChI=1S/C18H26N8/c1-13-23-24-17(25(13)2)11-20-18(21-14-6-7-14)22-15-8-10-26(12-15)16-5-3-4-9-19-16/h3-5,9,14-15H,6-8,10-12H2,1-2H3,(H2,20,21,22). The maximum atomic E-state index is 4.75. The van der Waals surface area contributed by atoms with Crippen molar-refractivity contribution >= 4 is 11.8 Å². The summed E-state index contributed by atoms with van der Waals surface area (Å²) in [5.41, 5.74) is 0. The van der Waals surface area contributed by atoms with Gasteiger partial charge < -0.3 is 20.1 Å². The smallest absolute Gasteiger partial charge is 0.192 e. The molecular weight excluding hydrogens is 328 g/mol. The van der Waals surface area contributed by atoms with Crippen molar-refractivity contribution in [1.82, 2.24) is 30.4 Å². The van der Waals surface area contributed by atoms with Gasteiger partial charge in [0.1, 0.15) is 18.2 Å². The second-order valence-corrected chi connectivity index (χ2v) is 7.07. The van der Waals surface area contributed by atoms with E-state index in [4.69, 9.17) is 4.99 Å². The van der Waals surface area contributed by atoms with E-state index in [1.807, 2.05) is 36.9 Å². The zero-order valence-electron chi connectivity index (χ0n) is 15.4. The molecule has 1 unspecified atom stereocenters. The predicted octanol–water partition coefficient (Wildman–Crippen LogP) is 0.995. The summed E-state index contributed by atoms with van der Waals surface area (Å²) in [6.07, 6.45) is 5.36. The summed E-state index contributed by atoms with van der Waals surface area (Å²) in [4.78, 5) is 11.5. The highest BCUT2D eigenvalue weighted by Gasteiger charge is 2.27. The lowest BCUT2D eigenvalue weighted by Crippen LogP contribution is -2.45. The van der Waals surface area contributed by atoms with Crippen LogP contribution in [-0.4, -0.2) is 50.9 Å². The van der Waals surface area contributed by atoms with Crippen molar-refractivity contribution in [3.8, 4) is 0 Å². The summed E-state index contributed by atoms with van der Waals surface area (Å²) in [5.74, 6) is 3.70. The van der Waals surface area contributed by atoms with Crippen LogP contribution in [-0.2, 0) is 13.6 Å². The van der Waals surface area contributed by atoms with Crippen LogP contribution in [0.1, 0.15) is 30.9 Å². The van der Waals surface area contributed by atoms with Crippen molar-refractivity contribution in [2.24, 2.45) is 12.0 Å². The quantitative estimate of drug-likeness (QED) is 0.616. The second-order valence-electron chi connectivity index (χ2n) is 7.07. The van der Waals surface area contributed by atoms with Crippen molar-refractivity contribution in [1.29, 1.82) is 0 Å². The number of nitrogens with one attached hydrogen (secondary N) is 2. The predicted molar refractivity (Wildman–Crippen MR) is 101 cm³/mol. The molecule has 4 rings (SSSR count). The Kier molecular flexibility index (Phi) is 4.73. The van der Waals surface area contributed by atoms with Crippen LogP contribution in [0.25, 0.3) is 0 Å². The number of nitrogens with zero attached hydrogens (tertiary/aromatic N) is 6. The Morgan fingerprint density at radius 1 is 1.19 bits per heavy atom. The number of aromatic nitrogens is 4. The van der Waals surface area contributed by atoms with Crippen LogP contribution in [0.5, 0.6) is 0 Å². The van der Waals surface area contributed by atoms with Gasteiger partial charge in [0.05, 0.1) is 0 Å². The van der Waals surface area contributed by atoms with Crippen LogP contribution in [0.2, 0.25) is 0 Å². The highest BCUT2D eigenvalue weighted by Crippen LogP contribution is 2.20. The van der Waals surface area contributed by atoms with Gasteiger partial charge in [-0.1, -0.05) is 6.07 Å². The van der Waals surface area contributed by atoms with Gasteiger partial charge in [-0.15, -0.1) is 10.2 Å².